The van der Waals surface area contributed by atoms with Crippen molar-refractivity contribution < 1.29 is 9.22 Å². The second-order valence-electron chi connectivity index (χ2n) is 10.2. The van der Waals surface area contributed by atoms with Crippen LogP contribution in [0.3, 0.4) is 0 Å². The summed E-state index contributed by atoms with van der Waals surface area (Å²) >= 11 is 0. The van der Waals surface area contributed by atoms with E-state index in [1.807, 2.05) is 0 Å². The van der Waals surface area contributed by atoms with Crippen LogP contribution in [0.4, 0.5) is 0 Å². The van der Waals surface area contributed by atoms with Gasteiger partial charge in [-0.1, -0.05) is 48.0 Å². The van der Waals surface area contributed by atoms with Crippen molar-refractivity contribution in [3.63, 3.8) is 0 Å². The number of rotatable bonds is 3. The Morgan fingerprint density at radius 1 is 1.17 bits per heavy atom. The van der Waals surface area contributed by atoms with E-state index >= 15 is 0 Å². The predicted octanol–water partition coefficient (Wildman–Crippen LogP) is 6.09. The Labute approximate surface area is 144 Å². The van der Waals surface area contributed by atoms with E-state index in [1.54, 1.807) is 6.92 Å². The number of hydrogen-bond donors (Lipinski definition) is 0. The fourth-order valence-electron chi connectivity index (χ4n) is 5.16. The summed E-state index contributed by atoms with van der Waals surface area (Å²) in [6.45, 7) is 20.1. The zero-order valence-electron chi connectivity index (χ0n) is 16.7. The van der Waals surface area contributed by atoms with Crippen LogP contribution in [0.25, 0.3) is 0 Å². The van der Waals surface area contributed by atoms with Crippen LogP contribution in [0, 0.1) is 16.2 Å². The highest BCUT2D eigenvalue weighted by molar-refractivity contribution is 6.74. The first-order valence-corrected chi connectivity index (χ1v) is 12.0. The minimum atomic E-state index is -1.84. The van der Waals surface area contributed by atoms with Crippen LogP contribution in [-0.2, 0) is 9.22 Å². The third-order valence-corrected chi connectivity index (χ3v) is 11.7. The summed E-state index contributed by atoms with van der Waals surface area (Å²) in [5.74, 6) is 1.51. The van der Waals surface area contributed by atoms with Gasteiger partial charge >= 0.3 is 0 Å². The second-order valence-corrected chi connectivity index (χ2v) is 15.0. The predicted molar refractivity (Wildman–Crippen MR) is 99.8 cm³/mol. The van der Waals surface area contributed by atoms with E-state index in [0.29, 0.717) is 5.78 Å². The van der Waals surface area contributed by atoms with Crippen LogP contribution in [-0.4, -0.2) is 14.1 Å². The van der Waals surface area contributed by atoms with Crippen LogP contribution in [0.15, 0.2) is 11.8 Å². The lowest BCUT2D eigenvalue weighted by Gasteiger charge is -2.55. The van der Waals surface area contributed by atoms with Crippen molar-refractivity contribution in [1.82, 2.24) is 0 Å². The molecular formula is C20H36O2Si. The molecule has 2 rings (SSSR count). The molecule has 2 nitrogen and oxygen atoms in total. The third kappa shape index (κ3) is 2.63. The molecule has 23 heavy (non-hydrogen) atoms. The zero-order valence-corrected chi connectivity index (χ0v) is 17.7. The van der Waals surface area contributed by atoms with Gasteiger partial charge in [-0.15, -0.1) is 0 Å². The Morgan fingerprint density at radius 3 is 2.22 bits per heavy atom. The van der Waals surface area contributed by atoms with E-state index in [4.69, 9.17) is 4.43 Å². The van der Waals surface area contributed by atoms with Gasteiger partial charge in [-0.2, -0.15) is 0 Å². The molecule has 2 atom stereocenters. The second kappa shape index (κ2) is 5.21. The molecule has 0 radical (unpaired) electrons. The minimum absolute atomic E-state index is 0.0365. The minimum Gasteiger partial charge on any atom is -0.547 e. The van der Waals surface area contributed by atoms with Gasteiger partial charge in [0.1, 0.15) is 5.78 Å². The number of ketones is 1. The first-order chi connectivity index (χ1) is 10.2. The number of fused-ring (bicyclic) bond motifs is 1. The normalized spacial score (nSPS) is 33.9. The largest absolute Gasteiger partial charge is 0.547 e. The van der Waals surface area contributed by atoms with E-state index in [9.17, 15) is 4.79 Å². The highest BCUT2D eigenvalue weighted by atomic mass is 28.4. The van der Waals surface area contributed by atoms with Crippen LogP contribution in [0.1, 0.15) is 74.1 Å². The van der Waals surface area contributed by atoms with Gasteiger partial charge in [-0.25, -0.2) is 0 Å². The van der Waals surface area contributed by atoms with Gasteiger partial charge in [0.05, 0.1) is 5.76 Å². The van der Waals surface area contributed by atoms with Crippen molar-refractivity contribution >= 4 is 14.1 Å². The molecule has 1 fully saturated rings. The van der Waals surface area contributed by atoms with Crippen molar-refractivity contribution in [1.29, 1.82) is 0 Å². The van der Waals surface area contributed by atoms with Gasteiger partial charge in [-0.05, 0) is 54.8 Å². The molecule has 132 valence electrons. The summed E-state index contributed by atoms with van der Waals surface area (Å²) in [6.07, 6.45) is 6.52. The lowest BCUT2D eigenvalue weighted by atomic mass is 9.48. The van der Waals surface area contributed by atoms with E-state index < -0.39 is 8.32 Å². The zero-order chi connectivity index (χ0) is 17.9. The fraction of sp³-hybridized carbons (Fsp3) is 0.850. The highest BCUT2D eigenvalue weighted by Gasteiger charge is 2.64. The molecule has 0 aromatic heterocycles. The SMILES string of the molecule is CC(=O)[C@]12CCC[C@@]1(C)CC(O[Si](C)(C)C(C)(C)C)=CC2(C)C. The lowest BCUT2D eigenvalue weighted by molar-refractivity contribution is -0.143. The Bertz CT molecular complexity index is 538. The fourth-order valence-corrected chi connectivity index (χ4v) is 6.25. The van der Waals surface area contributed by atoms with Crippen molar-refractivity contribution in [3.8, 4) is 0 Å². The molecule has 2 aliphatic carbocycles. The first kappa shape index (κ1) is 18.8. The first-order valence-electron chi connectivity index (χ1n) is 9.10. The topological polar surface area (TPSA) is 26.3 Å². The monoisotopic (exact) mass is 336 g/mol. The number of carbonyl (C=O) groups excluding carboxylic acids is 1. The molecule has 0 N–H and O–H groups in total. The standard InChI is InChI=1S/C20H36O2Si/c1-15(21)20-12-10-11-19(20,7)14-16(13-18(20,5)6)22-23(8,9)17(2,3)4/h13H,10-12,14H2,1-9H3/t19-,20-/m0/s1. The van der Waals surface area contributed by atoms with Crippen LogP contribution in [0.5, 0.6) is 0 Å². The van der Waals surface area contributed by atoms with Crippen molar-refractivity contribution in [2.75, 3.05) is 0 Å². The molecule has 0 unspecified atom stereocenters. The van der Waals surface area contributed by atoms with Gasteiger partial charge in [0.15, 0.2) is 0 Å². The van der Waals surface area contributed by atoms with E-state index in [-0.39, 0.29) is 21.3 Å². The van der Waals surface area contributed by atoms with E-state index in [0.717, 1.165) is 31.4 Å². The Morgan fingerprint density at radius 2 is 1.74 bits per heavy atom. The Kier molecular flexibility index (Phi) is 4.25. The molecule has 0 bridgehead atoms. The van der Waals surface area contributed by atoms with Crippen molar-refractivity contribution in [2.24, 2.45) is 16.2 Å². The number of allylic oxidation sites excluding steroid dienone is 2. The molecule has 1 saturated carbocycles. The van der Waals surface area contributed by atoms with Crippen molar-refractivity contribution in [2.45, 2.75) is 92.3 Å². The van der Waals surface area contributed by atoms with Crippen LogP contribution in [0.2, 0.25) is 18.1 Å². The van der Waals surface area contributed by atoms with Crippen LogP contribution >= 0.6 is 0 Å². The summed E-state index contributed by atoms with van der Waals surface area (Å²) in [7, 11) is -1.84. The highest BCUT2D eigenvalue weighted by Crippen LogP contribution is 2.67. The Hall–Kier alpha value is -0.573. The number of carbonyl (C=O) groups is 1. The average molecular weight is 337 g/mol. The van der Waals surface area contributed by atoms with Crippen LogP contribution < -0.4 is 0 Å². The molecule has 0 amide bonds. The number of Topliss-reactive ketones (excluding diaryl/α,β-unsaturated/α-hetero) is 1. The average Bonchev–Trinajstić information content (AvgIpc) is 2.64. The van der Waals surface area contributed by atoms with Gasteiger partial charge in [0.2, 0.25) is 8.32 Å². The molecule has 0 aliphatic heterocycles. The molecule has 0 aromatic carbocycles. The van der Waals surface area contributed by atoms with Gasteiger partial charge in [0.25, 0.3) is 0 Å². The van der Waals surface area contributed by atoms with E-state index in [2.05, 4.69) is 60.7 Å². The quantitative estimate of drug-likeness (QED) is 0.583. The van der Waals surface area contributed by atoms with Gasteiger partial charge < -0.3 is 4.43 Å². The maximum atomic E-state index is 12.7. The lowest BCUT2D eigenvalue weighted by Crippen LogP contribution is -2.54. The smallest absolute Gasteiger partial charge is 0.250 e. The van der Waals surface area contributed by atoms with E-state index in [1.165, 1.54) is 0 Å². The number of hydrogen-bond acceptors (Lipinski definition) is 2. The summed E-state index contributed by atoms with van der Waals surface area (Å²) in [4.78, 5) is 12.7. The summed E-state index contributed by atoms with van der Waals surface area (Å²) in [5.41, 5.74) is -0.324. The summed E-state index contributed by atoms with van der Waals surface area (Å²) in [6, 6.07) is 0. The maximum absolute atomic E-state index is 12.7. The summed E-state index contributed by atoms with van der Waals surface area (Å²) in [5, 5.41) is 0.198. The molecule has 2 aliphatic rings. The van der Waals surface area contributed by atoms with Crippen molar-refractivity contribution in [3.05, 3.63) is 11.8 Å². The Balaban J connectivity index is 2.45. The molecule has 0 aromatic rings. The summed E-state index contributed by atoms with van der Waals surface area (Å²) < 4.78 is 6.67. The molecule has 0 spiro atoms. The third-order valence-electron chi connectivity index (χ3n) is 7.29. The van der Waals surface area contributed by atoms with Gasteiger partial charge in [-0.3, -0.25) is 4.79 Å². The molecule has 0 saturated heterocycles. The molecule has 0 heterocycles. The maximum Gasteiger partial charge on any atom is 0.250 e. The molecule has 3 heteroatoms. The van der Waals surface area contributed by atoms with Gasteiger partial charge in [0, 0.05) is 11.8 Å². The molecular weight excluding hydrogens is 300 g/mol.